The molecule has 15 heavy (non-hydrogen) atoms. The summed E-state index contributed by atoms with van der Waals surface area (Å²) in [6.07, 6.45) is 7.16. The zero-order valence-corrected chi connectivity index (χ0v) is 8.52. The third-order valence-corrected chi connectivity index (χ3v) is 3.35. The van der Waals surface area contributed by atoms with Crippen LogP contribution in [0.15, 0.2) is 24.5 Å². The predicted octanol–water partition coefficient (Wildman–Crippen LogP) is 2.07. The van der Waals surface area contributed by atoms with E-state index in [1.54, 1.807) is 12.4 Å². The van der Waals surface area contributed by atoms with Crippen LogP contribution < -0.4 is 5.32 Å². The minimum Gasteiger partial charge on any atom is -0.326 e. The second kappa shape index (κ2) is 3.33. The molecular weight excluding hydrogens is 188 g/mol. The van der Waals surface area contributed by atoms with E-state index in [1.165, 1.54) is 12.8 Å². The number of hydrogen-bond acceptors (Lipinski definition) is 2. The topological polar surface area (TPSA) is 42.0 Å². The fourth-order valence-corrected chi connectivity index (χ4v) is 2.23. The van der Waals surface area contributed by atoms with Gasteiger partial charge in [-0.3, -0.25) is 9.78 Å². The van der Waals surface area contributed by atoms with Crippen molar-refractivity contribution in [1.82, 2.24) is 4.98 Å². The molecule has 2 fully saturated rings. The number of anilines is 1. The Balaban J connectivity index is 1.58. The summed E-state index contributed by atoms with van der Waals surface area (Å²) in [5, 5.41) is 2.94. The van der Waals surface area contributed by atoms with E-state index in [0.717, 1.165) is 18.0 Å². The van der Waals surface area contributed by atoms with Crippen molar-refractivity contribution in [2.45, 2.75) is 19.3 Å². The summed E-state index contributed by atoms with van der Waals surface area (Å²) >= 11 is 0. The number of pyridine rings is 1. The van der Waals surface area contributed by atoms with Gasteiger partial charge in [0.1, 0.15) is 0 Å². The van der Waals surface area contributed by atoms with E-state index in [2.05, 4.69) is 10.3 Å². The zero-order valence-electron chi connectivity index (χ0n) is 8.52. The van der Waals surface area contributed by atoms with Crippen LogP contribution in [-0.4, -0.2) is 10.9 Å². The number of carbonyl (C=O) groups excluding carboxylic acids is 1. The van der Waals surface area contributed by atoms with E-state index in [0.29, 0.717) is 5.92 Å². The van der Waals surface area contributed by atoms with Crippen molar-refractivity contribution in [2.75, 3.05) is 5.32 Å². The molecule has 0 bridgehead atoms. The van der Waals surface area contributed by atoms with Crippen LogP contribution in [0.1, 0.15) is 19.3 Å². The maximum atomic E-state index is 11.8. The van der Waals surface area contributed by atoms with Crippen LogP contribution in [0.25, 0.3) is 0 Å². The molecule has 2 aliphatic rings. The standard InChI is InChI=1S/C12H14N2O/c15-12(11-7-10(11)8-1-2-8)14-9-3-5-13-6-4-9/h3-6,8,10-11H,1-2,7H2,(H,13,14,15)/t10-,11+/m1/s1. The minimum atomic E-state index is 0.193. The van der Waals surface area contributed by atoms with Crippen LogP contribution in [0.2, 0.25) is 0 Å². The lowest BCUT2D eigenvalue weighted by Crippen LogP contribution is -2.15. The number of nitrogens with one attached hydrogen (secondary N) is 1. The molecule has 0 unspecified atom stereocenters. The van der Waals surface area contributed by atoms with Crippen molar-refractivity contribution in [3.05, 3.63) is 24.5 Å². The van der Waals surface area contributed by atoms with Gasteiger partial charge in [-0.25, -0.2) is 0 Å². The first-order valence-electron chi connectivity index (χ1n) is 5.55. The number of rotatable bonds is 3. The first-order chi connectivity index (χ1) is 7.34. The van der Waals surface area contributed by atoms with E-state index in [-0.39, 0.29) is 11.8 Å². The predicted molar refractivity (Wildman–Crippen MR) is 57.2 cm³/mol. The highest BCUT2D eigenvalue weighted by Gasteiger charge is 2.51. The highest BCUT2D eigenvalue weighted by atomic mass is 16.2. The molecule has 0 aliphatic heterocycles. The molecule has 1 aromatic heterocycles. The average molecular weight is 202 g/mol. The summed E-state index contributed by atoms with van der Waals surface area (Å²) in [4.78, 5) is 15.7. The number of amides is 1. The van der Waals surface area contributed by atoms with Crippen LogP contribution in [-0.2, 0) is 4.79 Å². The van der Waals surface area contributed by atoms with Gasteiger partial charge in [-0.15, -0.1) is 0 Å². The fraction of sp³-hybridized carbons (Fsp3) is 0.500. The maximum Gasteiger partial charge on any atom is 0.227 e. The van der Waals surface area contributed by atoms with Crippen molar-refractivity contribution in [1.29, 1.82) is 0 Å². The molecule has 3 heteroatoms. The molecule has 2 saturated carbocycles. The van der Waals surface area contributed by atoms with Crippen LogP contribution in [0, 0.1) is 17.8 Å². The Hall–Kier alpha value is -1.38. The molecular formula is C12H14N2O. The summed E-state index contributed by atoms with van der Waals surface area (Å²) in [6, 6.07) is 3.65. The SMILES string of the molecule is O=C(Nc1ccncc1)[C@H]1C[C@@H]1C1CC1. The summed E-state index contributed by atoms with van der Waals surface area (Å²) < 4.78 is 0. The molecule has 78 valence electrons. The van der Waals surface area contributed by atoms with Crippen molar-refractivity contribution in [2.24, 2.45) is 17.8 Å². The monoisotopic (exact) mass is 202 g/mol. The quantitative estimate of drug-likeness (QED) is 0.815. The molecule has 0 radical (unpaired) electrons. The van der Waals surface area contributed by atoms with Gasteiger partial charge in [0, 0.05) is 24.0 Å². The van der Waals surface area contributed by atoms with Crippen molar-refractivity contribution >= 4 is 11.6 Å². The lowest BCUT2D eigenvalue weighted by atomic mass is 10.2. The van der Waals surface area contributed by atoms with Gasteiger partial charge in [0.05, 0.1) is 0 Å². The number of nitrogens with zero attached hydrogens (tertiary/aromatic N) is 1. The highest BCUT2D eigenvalue weighted by molar-refractivity contribution is 5.94. The smallest absolute Gasteiger partial charge is 0.227 e. The van der Waals surface area contributed by atoms with Crippen molar-refractivity contribution in [3.8, 4) is 0 Å². The Morgan fingerprint density at radius 1 is 1.33 bits per heavy atom. The molecule has 3 nitrogen and oxygen atoms in total. The van der Waals surface area contributed by atoms with E-state index < -0.39 is 0 Å². The van der Waals surface area contributed by atoms with Gasteiger partial charge >= 0.3 is 0 Å². The second-order valence-electron chi connectivity index (χ2n) is 4.57. The zero-order chi connectivity index (χ0) is 10.3. The summed E-state index contributed by atoms with van der Waals surface area (Å²) in [5.41, 5.74) is 0.858. The molecule has 3 rings (SSSR count). The number of carbonyl (C=O) groups is 1. The van der Waals surface area contributed by atoms with Gasteiger partial charge in [0.2, 0.25) is 5.91 Å². The highest BCUT2D eigenvalue weighted by Crippen LogP contribution is 2.54. The minimum absolute atomic E-state index is 0.193. The van der Waals surface area contributed by atoms with Crippen molar-refractivity contribution in [3.63, 3.8) is 0 Å². The summed E-state index contributed by atoms with van der Waals surface area (Å²) in [5.74, 6) is 2.02. The molecule has 1 aromatic rings. The Kier molecular flexibility index (Phi) is 1.97. The Morgan fingerprint density at radius 2 is 2.07 bits per heavy atom. The van der Waals surface area contributed by atoms with Crippen molar-refractivity contribution < 1.29 is 4.79 Å². The second-order valence-corrected chi connectivity index (χ2v) is 4.57. The third kappa shape index (κ3) is 1.87. The van der Waals surface area contributed by atoms with Crippen LogP contribution in [0.4, 0.5) is 5.69 Å². The van der Waals surface area contributed by atoms with E-state index in [1.807, 2.05) is 12.1 Å². The molecule has 2 atom stereocenters. The fourth-order valence-electron chi connectivity index (χ4n) is 2.23. The normalized spacial score (nSPS) is 28.5. The molecule has 2 aliphatic carbocycles. The molecule has 0 spiro atoms. The lowest BCUT2D eigenvalue weighted by Gasteiger charge is -2.03. The molecule has 1 amide bonds. The van der Waals surface area contributed by atoms with Gasteiger partial charge in [0.25, 0.3) is 0 Å². The maximum absolute atomic E-state index is 11.8. The van der Waals surface area contributed by atoms with E-state index in [9.17, 15) is 4.79 Å². The molecule has 1 heterocycles. The number of hydrogen-bond donors (Lipinski definition) is 1. The van der Waals surface area contributed by atoms with E-state index in [4.69, 9.17) is 0 Å². The Labute approximate surface area is 88.9 Å². The van der Waals surface area contributed by atoms with Crippen LogP contribution in [0.5, 0.6) is 0 Å². The first-order valence-corrected chi connectivity index (χ1v) is 5.55. The van der Waals surface area contributed by atoms with E-state index >= 15 is 0 Å². The largest absolute Gasteiger partial charge is 0.326 e. The Morgan fingerprint density at radius 3 is 2.73 bits per heavy atom. The molecule has 0 aromatic carbocycles. The summed E-state index contributed by atoms with van der Waals surface area (Å²) in [7, 11) is 0. The van der Waals surface area contributed by atoms with Gasteiger partial charge in [-0.2, -0.15) is 0 Å². The van der Waals surface area contributed by atoms with Gasteiger partial charge in [-0.1, -0.05) is 0 Å². The first kappa shape index (κ1) is 8.89. The average Bonchev–Trinajstić information content (AvgIpc) is 3.11. The van der Waals surface area contributed by atoms with Crippen LogP contribution in [0.3, 0.4) is 0 Å². The van der Waals surface area contributed by atoms with Gasteiger partial charge in [-0.05, 0) is 43.2 Å². The van der Waals surface area contributed by atoms with Crippen LogP contribution >= 0.6 is 0 Å². The number of aromatic nitrogens is 1. The van der Waals surface area contributed by atoms with Gasteiger partial charge in [0.15, 0.2) is 0 Å². The molecule has 1 N–H and O–H groups in total. The lowest BCUT2D eigenvalue weighted by molar-refractivity contribution is -0.117. The summed E-state index contributed by atoms with van der Waals surface area (Å²) in [6.45, 7) is 0. The van der Waals surface area contributed by atoms with Gasteiger partial charge < -0.3 is 5.32 Å². The molecule has 0 saturated heterocycles. The third-order valence-electron chi connectivity index (χ3n) is 3.35. The Bertz CT molecular complexity index is 372.